The molecule has 0 bridgehead atoms. The minimum absolute atomic E-state index is 0.0505. The van der Waals surface area contributed by atoms with Crippen molar-refractivity contribution in [2.45, 2.75) is 6.92 Å². The van der Waals surface area contributed by atoms with Crippen LogP contribution in [0, 0.1) is 0 Å². The van der Waals surface area contributed by atoms with E-state index in [0.717, 1.165) is 11.2 Å². The maximum absolute atomic E-state index is 12.7. The number of aliphatic hydroxyl groups is 1. The fraction of sp³-hybridized carbons (Fsp3) is 0.0588. The largest absolute Gasteiger partial charge is 0.513 e. The van der Waals surface area contributed by atoms with Gasteiger partial charge in [-0.1, -0.05) is 30.3 Å². The zero-order chi connectivity index (χ0) is 14.8. The Labute approximate surface area is 121 Å². The van der Waals surface area contributed by atoms with Crippen LogP contribution in [0.5, 0.6) is 0 Å². The molecule has 3 aromatic rings. The number of fused-ring (bicyclic) bond motifs is 1. The molecule has 3 rings (SSSR count). The molecule has 0 saturated heterocycles. The Kier molecular flexibility index (Phi) is 3.28. The predicted molar refractivity (Wildman–Crippen MR) is 83.6 cm³/mol. The number of benzene rings is 2. The zero-order valence-corrected chi connectivity index (χ0v) is 11.5. The monoisotopic (exact) mass is 278 g/mol. The molecule has 0 aliphatic rings. The molecule has 0 aliphatic heterocycles. The van der Waals surface area contributed by atoms with Crippen molar-refractivity contribution in [2.24, 2.45) is 0 Å². The van der Waals surface area contributed by atoms with Crippen LogP contribution in [0.25, 0.3) is 22.8 Å². The van der Waals surface area contributed by atoms with Crippen molar-refractivity contribution in [3.05, 3.63) is 76.4 Å². The average molecular weight is 278 g/mol. The number of nitrogens with zero attached hydrogens (tertiary/aromatic N) is 2. The lowest BCUT2D eigenvalue weighted by Crippen LogP contribution is -2.22. The van der Waals surface area contributed by atoms with Gasteiger partial charge in [0, 0.05) is 11.8 Å². The lowest BCUT2D eigenvalue weighted by Gasteiger charge is -2.11. The molecule has 1 aromatic heterocycles. The van der Waals surface area contributed by atoms with Gasteiger partial charge in [-0.25, -0.2) is 4.98 Å². The van der Waals surface area contributed by atoms with Crippen molar-refractivity contribution >= 4 is 17.1 Å². The Balaban J connectivity index is 2.43. The number of allylic oxidation sites excluding steroid dienone is 1. The van der Waals surface area contributed by atoms with Crippen molar-refractivity contribution in [3.8, 4) is 5.69 Å². The van der Waals surface area contributed by atoms with Crippen LogP contribution in [0.1, 0.15) is 12.6 Å². The number of hydrogen-bond acceptors (Lipinski definition) is 3. The molecule has 0 saturated carbocycles. The first-order chi connectivity index (χ1) is 10.2. The lowest BCUT2D eigenvalue weighted by atomic mass is 10.2. The predicted octanol–water partition coefficient (Wildman–Crippen LogP) is 3.30. The van der Waals surface area contributed by atoms with E-state index in [2.05, 4.69) is 4.98 Å². The quantitative estimate of drug-likeness (QED) is 0.732. The van der Waals surface area contributed by atoms with Crippen LogP contribution in [-0.4, -0.2) is 14.7 Å². The molecule has 1 N–H and O–H groups in total. The molecular weight excluding hydrogens is 264 g/mol. The number of para-hydroxylation sites is 3. The third kappa shape index (κ3) is 2.43. The fourth-order valence-corrected chi connectivity index (χ4v) is 2.27. The normalized spacial score (nSPS) is 11.8. The van der Waals surface area contributed by atoms with Gasteiger partial charge in [0.25, 0.3) is 5.56 Å². The molecule has 1 heterocycles. The SMILES string of the molecule is C/C(O)=C\c1nc2ccccc2n(-c2ccccc2)c1=O. The van der Waals surface area contributed by atoms with Crippen molar-refractivity contribution < 1.29 is 5.11 Å². The molecular formula is C17H14N2O2. The Morgan fingerprint density at radius 3 is 2.48 bits per heavy atom. The van der Waals surface area contributed by atoms with Gasteiger partial charge in [0.1, 0.15) is 5.69 Å². The summed E-state index contributed by atoms with van der Waals surface area (Å²) in [5.74, 6) is 0.0505. The molecule has 21 heavy (non-hydrogen) atoms. The summed E-state index contributed by atoms with van der Waals surface area (Å²) in [7, 11) is 0. The van der Waals surface area contributed by atoms with E-state index in [1.165, 1.54) is 13.0 Å². The van der Waals surface area contributed by atoms with Gasteiger partial charge in [0.2, 0.25) is 0 Å². The van der Waals surface area contributed by atoms with E-state index in [1.54, 1.807) is 4.57 Å². The van der Waals surface area contributed by atoms with Gasteiger partial charge in [-0.15, -0.1) is 0 Å². The van der Waals surface area contributed by atoms with Gasteiger partial charge >= 0.3 is 0 Å². The van der Waals surface area contributed by atoms with Gasteiger partial charge in [0.15, 0.2) is 0 Å². The summed E-state index contributed by atoms with van der Waals surface area (Å²) in [6.45, 7) is 1.52. The number of aromatic nitrogens is 2. The highest BCUT2D eigenvalue weighted by molar-refractivity contribution is 5.77. The summed E-state index contributed by atoms with van der Waals surface area (Å²) in [5.41, 5.74) is 2.17. The average Bonchev–Trinajstić information content (AvgIpc) is 2.48. The molecule has 104 valence electrons. The summed E-state index contributed by atoms with van der Waals surface area (Å²) >= 11 is 0. The van der Waals surface area contributed by atoms with Crippen LogP contribution in [0.2, 0.25) is 0 Å². The van der Waals surface area contributed by atoms with Gasteiger partial charge < -0.3 is 5.11 Å². The highest BCUT2D eigenvalue weighted by Gasteiger charge is 2.10. The first-order valence-corrected chi connectivity index (χ1v) is 6.61. The second kappa shape index (κ2) is 5.25. The summed E-state index contributed by atoms with van der Waals surface area (Å²) in [4.78, 5) is 17.0. The van der Waals surface area contributed by atoms with Crippen LogP contribution < -0.4 is 5.56 Å². The minimum Gasteiger partial charge on any atom is -0.513 e. The van der Waals surface area contributed by atoms with E-state index in [4.69, 9.17) is 0 Å². The summed E-state index contributed by atoms with van der Waals surface area (Å²) < 4.78 is 1.61. The summed E-state index contributed by atoms with van der Waals surface area (Å²) in [6, 6.07) is 16.8. The Hall–Kier alpha value is -2.88. The summed E-state index contributed by atoms with van der Waals surface area (Å²) in [5, 5.41) is 9.44. The van der Waals surface area contributed by atoms with Crippen molar-refractivity contribution in [3.63, 3.8) is 0 Å². The smallest absolute Gasteiger partial charge is 0.281 e. The van der Waals surface area contributed by atoms with E-state index in [-0.39, 0.29) is 17.0 Å². The third-order valence-corrected chi connectivity index (χ3v) is 3.15. The van der Waals surface area contributed by atoms with Gasteiger partial charge in [-0.05, 0) is 31.2 Å². The van der Waals surface area contributed by atoms with Crippen molar-refractivity contribution in [1.82, 2.24) is 9.55 Å². The standard InChI is InChI=1S/C17H14N2O2/c1-12(20)11-15-17(21)19(13-7-3-2-4-8-13)16-10-6-5-9-14(16)18-15/h2-11,20H,1H3/b12-11+. The molecule has 4 heteroatoms. The molecule has 0 fully saturated rings. The van der Waals surface area contributed by atoms with Crippen molar-refractivity contribution in [1.29, 1.82) is 0 Å². The minimum atomic E-state index is -0.256. The van der Waals surface area contributed by atoms with Gasteiger partial charge in [-0.3, -0.25) is 9.36 Å². The molecule has 0 unspecified atom stereocenters. The van der Waals surface area contributed by atoms with Crippen LogP contribution >= 0.6 is 0 Å². The molecule has 0 atom stereocenters. The van der Waals surface area contributed by atoms with Crippen molar-refractivity contribution in [2.75, 3.05) is 0 Å². The summed E-state index contributed by atoms with van der Waals surface area (Å²) in [6.07, 6.45) is 1.38. The second-order valence-corrected chi connectivity index (χ2v) is 4.75. The number of rotatable bonds is 2. The van der Waals surface area contributed by atoms with E-state index in [0.29, 0.717) is 5.52 Å². The lowest BCUT2D eigenvalue weighted by molar-refractivity contribution is 0.419. The van der Waals surface area contributed by atoms with Gasteiger partial charge in [-0.2, -0.15) is 0 Å². The topological polar surface area (TPSA) is 55.1 Å². The first-order valence-electron chi connectivity index (χ1n) is 6.61. The highest BCUT2D eigenvalue weighted by atomic mass is 16.3. The third-order valence-electron chi connectivity index (χ3n) is 3.15. The van der Waals surface area contributed by atoms with Crippen LogP contribution in [0.4, 0.5) is 0 Å². The van der Waals surface area contributed by atoms with Gasteiger partial charge in [0.05, 0.1) is 16.8 Å². The highest BCUT2D eigenvalue weighted by Crippen LogP contribution is 2.15. The molecule has 4 nitrogen and oxygen atoms in total. The van der Waals surface area contributed by atoms with E-state index >= 15 is 0 Å². The second-order valence-electron chi connectivity index (χ2n) is 4.75. The molecule has 0 spiro atoms. The maximum atomic E-state index is 12.7. The van der Waals surface area contributed by atoms with E-state index in [1.807, 2.05) is 54.6 Å². The number of aliphatic hydroxyl groups excluding tert-OH is 1. The van der Waals surface area contributed by atoms with Crippen LogP contribution in [0.3, 0.4) is 0 Å². The maximum Gasteiger partial charge on any atom is 0.281 e. The first kappa shape index (κ1) is 13.1. The Morgan fingerprint density at radius 2 is 1.76 bits per heavy atom. The molecule has 2 aromatic carbocycles. The Bertz CT molecular complexity index is 876. The molecule has 0 amide bonds. The zero-order valence-electron chi connectivity index (χ0n) is 11.5. The molecule has 0 aliphatic carbocycles. The number of hydrogen-bond donors (Lipinski definition) is 1. The Morgan fingerprint density at radius 1 is 1.10 bits per heavy atom. The van der Waals surface area contributed by atoms with E-state index < -0.39 is 0 Å². The molecule has 0 radical (unpaired) electrons. The van der Waals surface area contributed by atoms with Crippen LogP contribution in [-0.2, 0) is 0 Å². The van der Waals surface area contributed by atoms with E-state index in [9.17, 15) is 9.90 Å². The van der Waals surface area contributed by atoms with Crippen LogP contribution in [0.15, 0.2) is 65.2 Å². The fourth-order valence-electron chi connectivity index (χ4n) is 2.27.